The molecule has 3 aromatic rings. The number of allylic oxidation sites excluding steroid dienone is 1. The molecule has 2 amide bonds. The van der Waals surface area contributed by atoms with Gasteiger partial charge >= 0.3 is 0 Å². The Morgan fingerprint density at radius 2 is 2.14 bits per heavy atom. The first-order valence-electron chi connectivity index (χ1n) is 9.02. The monoisotopic (exact) mass is 426 g/mol. The number of carbonyl (C=O) groups is 2. The molecule has 1 saturated carbocycles. The van der Waals surface area contributed by atoms with Gasteiger partial charge in [0.05, 0.1) is 16.5 Å². The fourth-order valence-electron chi connectivity index (χ4n) is 2.74. The predicted octanol–water partition coefficient (Wildman–Crippen LogP) is 4.33. The van der Waals surface area contributed by atoms with E-state index in [1.165, 1.54) is 22.7 Å². The number of aromatic nitrogens is 2. The molecule has 1 aliphatic rings. The third kappa shape index (κ3) is 4.20. The van der Waals surface area contributed by atoms with Crippen molar-refractivity contribution in [3.63, 3.8) is 0 Å². The Hall–Kier alpha value is -3.04. The Balaban J connectivity index is 1.49. The zero-order valence-corrected chi connectivity index (χ0v) is 17.1. The summed E-state index contributed by atoms with van der Waals surface area (Å²) in [6.45, 7) is 3.96. The van der Waals surface area contributed by atoms with Crippen LogP contribution in [-0.2, 0) is 4.74 Å². The van der Waals surface area contributed by atoms with Crippen LogP contribution in [-0.4, -0.2) is 28.4 Å². The van der Waals surface area contributed by atoms with Gasteiger partial charge in [-0.3, -0.25) is 19.9 Å². The van der Waals surface area contributed by atoms with E-state index in [4.69, 9.17) is 4.74 Å². The van der Waals surface area contributed by atoms with Crippen molar-refractivity contribution in [3.05, 3.63) is 64.6 Å². The first-order valence-corrected chi connectivity index (χ1v) is 10.7. The van der Waals surface area contributed by atoms with Crippen molar-refractivity contribution in [2.75, 3.05) is 11.9 Å². The molecule has 3 aromatic heterocycles. The number of rotatable bonds is 7. The minimum absolute atomic E-state index is 0.318. The molecule has 0 unspecified atom stereocenters. The summed E-state index contributed by atoms with van der Waals surface area (Å²) in [5.74, 6) is -0.194. The highest BCUT2D eigenvalue weighted by Gasteiger charge is 2.22. The molecule has 0 atom stereocenters. The second-order valence-corrected chi connectivity index (χ2v) is 8.27. The average Bonchev–Trinajstić information content (AvgIpc) is 3.31. The molecule has 29 heavy (non-hydrogen) atoms. The van der Waals surface area contributed by atoms with Gasteiger partial charge in [0.1, 0.15) is 17.1 Å². The first kappa shape index (κ1) is 19.3. The third-order valence-electron chi connectivity index (χ3n) is 4.37. The van der Waals surface area contributed by atoms with Gasteiger partial charge in [-0.25, -0.2) is 4.98 Å². The number of thiophene rings is 1. The van der Waals surface area contributed by atoms with E-state index in [0.717, 1.165) is 29.5 Å². The van der Waals surface area contributed by atoms with E-state index in [9.17, 15) is 9.59 Å². The summed E-state index contributed by atoms with van der Waals surface area (Å²) < 4.78 is 6.50. The molecular formula is C20H18N4O3S2. The van der Waals surface area contributed by atoms with Crippen molar-refractivity contribution >= 4 is 49.7 Å². The van der Waals surface area contributed by atoms with Crippen LogP contribution in [0.5, 0.6) is 0 Å². The Labute approximate surface area is 175 Å². The van der Waals surface area contributed by atoms with Crippen LogP contribution in [0.2, 0.25) is 0 Å². The van der Waals surface area contributed by atoms with Crippen LogP contribution >= 0.6 is 22.7 Å². The van der Waals surface area contributed by atoms with Crippen LogP contribution < -0.4 is 10.6 Å². The van der Waals surface area contributed by atoms with Crippen LogP contribution in [0.3, 0.4) is 0 Å². The van der Waals surface area contributed by atoms with E-state index in [-0.39, 0.29) is 11.8 Å². The average molecular weight is 427 g/mol. The summed E-state index contributed by atoms with van der Waals surface area (Å²) >= 11 is 2.56. The highest BCUT2D eigenvalue weighted by molar-refractivity contribution is 7.20. The molecule has 0 aromatic carbocycles. The Morgan fingerprint density at radius 3 is 2.86 bits per heavy atom. The molecule has 0 saturated heterocycles. The number of pyridine rings is 1. The summed E-state index contributed by atoms with van der Waals surface area (Å²) in [6, 6.07) is 3.49. The van der Waals surface area contributed by atoms with Gasteiger partial charge in [-0.2, -0.15) is 0 Å². The largest absolute Gasteiger partial charge is 0.475 e. The van der Waals surface area contributed by atoms with Crippen molar-refractivity contribution in [1.29, 1.82) is 0 Å². The molecule has 0 radical (unpaired) electrons. The molecule has 0 spiro atoms. The molecule has 3 heterocycles. The minimum Gasteiger partial charge on any atom is -0.475 e. The second-order valence-electron chi connectivity index (χ2n) is 6.32. The van der Waals surface area contributed by atoms with E-state index in [1.54, 1.807) is 29.9 Å². The Morgan fingerprint density at radius 1 is 1.28 bits per heavy atom. The number of hydrogen-bond donors (Lipinski definition) is 2. The van der Waals surface area contributed by atoms with E-state index < -0.39 is 0 Å². The number of nitrogens with one attached hydrogen (secondary N) is 2. The van der Waals surface area contributed by atoms with Crippen molar-refractivity contribution in [3.8, 4) is 0 Å². The number of fused-ring (bicyclic) bond motifs is 1. The van der Waals surface area contributed by atoms with Crippen LogP contribution in [0.4, 0.5) is 5.00 Å². The van der Waals surface area contributed by atoms with Crippen molar-refractivity contribution < 1.29 is 14.3 Å². The van der Waals surface area contributed by atoms with E-state index in [1.807, 2.05) is 6.07 Å². The lowest BCUT2D eigenvalue weighted by molar-refractivity contribution is 0.0924. The van der Waals surface area contributed by atoms with E-state index in [0.29, 0.717) is 33.6 Å². The van der Waals surface area contributed by atoms with Crippen LogP contribution in [0.1, 0.15) is 39.4 Å². The number of hydrogen-bond acceptors (Lipinski definition) is 7. The van der Waals surface area contributed by atoms with E-state index in [2.05, 4.69) is 27.2 Å². The van der Waals surface area contributed by atoms with Crippen LogP contribution in [0.15, 0.2) is 54.0 Å². The molecule has 9 heteroatoms. The highest BCUT2D eigenvalue weighted by atomic mass is 32.1. The Kier molecular flexibility index (Phi) is 5.68. The van der Waals surface area contributed by atoms with Gasteiger partial charge < -0.3 is 10.1 Å². The zero-order chi connectivity index (χ0) is 20.2. The normalized spacial score (nSPS) is 12.9. The lowest BCUT2D eigenvalue weighted by Crippen LogP contribution is -2.28. The molecule has 1 fully saturated rings. The van der Waals surface area contributed by atoms with Gasteiger partial charge in [-0.15, -0.1) is 22.7 Å². The van der Waals surface area contributed by atoms with Gasteiger partial charge in [-0.05, 0) is 42.3 Å². The summed E-state index contributed by atoms with van der Waals surface area (Å²) in [7, 11) is 0. The molecular weight excluding hydrogens is 408 g/mol. The van der Waals surface area contributed by atoms with Gasteiger partial charge in [0.15, 0.2) is 10.9 Å². The summed E-state index contributed by atoms with van der Waals surface area (Å²) in [4.78, 5) is 33.7. The SMILES string of the molecule is C=CCOC(NC(=O)c1ccsc1NC(=O)c1nc2cnccc2s1)=C1CCC1. The van der Waals surface area contributed by atoms with Gasteiger partial charge in [0.25, 0.3) is 11.8 Å². The number of carbonyl (C=O) groups excluding carboxylic acids is 2. The number of anilines is 1. The molecule has 4 rings (SSSR count). The van der Waals surface area contributed by atoms with Gasteiger partial charge in [0.2, 0.25) is 0 Å². The lowest BCUT2D eigenvalue weighted by atomic mass is 9.93. The smallest absolute Gasteiger partial charge is 0.285 e. The zero-order valence-electron chi connectivity index (χ0n) is 15.4. The second kappa shape index (κ2) is 8.54. The minimum atomic E-state index is -0.358. The highest BCUT2D eigenvalue weighted by Crippen LogP contribution is 2.30. The molecule has 1 aliphatic carbocycles. The number of amides is 2. The maximum Gasteiger partial charge on any atom is 0.285 e. The standard InChI is InChI=1S/C20H18N4O3S2/c1-2-9-27-18(12-4-3-5-12)23-16(25)13-7-10-28-19(13)24-17(26)20-22-14-11-21-8-6-15(14)29-20/h2,6-8,10-11H,1,3-5,9H2,(H,23,25)(H,24,26). The summed E-state index contributed by atoms with van der Waals surface area (Å²) in [6.07, 6.45) is 7.82. The fourth-order valence-corrected chi connectivity index (χ4v) is 4.35. The molecule has 2 N–H and O–H groups in total. The quantitative estimate of drug-likeness (QED) is 0.433. The van der Waals surface area contributed by atoms with Gasteiger partial charge in [0, 0.05) is 6.20 Å². The number of ether oxygens (including phenoxy) is 1. The number of thiazole rings is 1. The maximum atomic E-state index is 12.8. The lowest BCUT2D eigenvalue weighted by Gasteiger charge is -2.22. The van der Waals surface area contributed by atoms with Crippen molar-refractivity contribution in [2.24, 2.45) is 0 Å². The maximum absolute atomic E-state index is 12.8. The van der Waals surface area contributed by atoms with Crippen molar-refractivity contribution in [2.45, 2.75) is 19.3 Å². The fraction of sp³-hybridized carbons (Fsp3) is 0.200. The molecule has 148 valence electrons. The first-order chi connectivity index (χ1) is 14.2. The van der Waals surface area contributed by atoms with Crippen molar-refractivity contribution in [1.82, 2.24) is 15.3 Å². The van der Waals surface area contributed by atoms with E-state index >= 15 is 0 Å². The summed E-state index contributed by atoms with van der Waals surface area (Å²) in [5.41, 5.74) is 2.14. The number of nitrogens with zero attached hydrogens (tertiary/aromatic N) is 2. The molecule has 7 nitrogen and oxygen atoms in total. The molecule has 0 aliphatic heterocycles. The topological polar surface area (TPSA) is 93.2 Å². The Bertz CT molecular complexity index is 1080. The predicted molar refractivity (Wildman–Crippen MR) is 114 cm³/mol. The van der Waals surface area contributed by atoms with Gasteiger partial charge in [-0.1, -0.05) is 12.7 Å². The summed E-state index contributed by atoms with van der Waals surface area (Å²) in [5, 5.41) is 8.17. The van der Waals surface area contributed by atoms with Crippen LogP contribution in [0, 0.1) is 0 Å². The molecule has 0 bridgehead atoms. The van der Waals surface area contributed by atoms with Crippen LogP contribution in [0.25, 0.3) is 10.2 Å². The third-order valence-corrected chi connectivity index (χ3v) is 6.24.